The van der Waals surface area contributed by atoms with Crippen molar-refractivity contribution in [3.05, 3.63) is 59.7 Å². The molecular weight excluding hydrogens is 432 g/mol. The van der Waals surface area contributed by atoms with Crippen LogP contribution in [0.4, 0.5) is 4.79 Å². The number of fused-ring (bicyclic) bond motifs is 3. The Kier molecular flexibility index (Phi) is 6.26. The second kappa shape index (κ2) is 9.49. The van der Waals surface area contributed by atoms with E-state index in [2.05, 4.69) is 34.9 Å². The quantitative estimate of drug-likeness (QED) is 0.549. The summed E-state index contributed by atoms with van der Waals surface area (Å²) in [5.74, 6) is -1.10. The van der Waals surface area contributed by atoms with Gasteiger partial charge in [0.15, 0.2) is 0 Å². The van der Waals surface area contributed by atoms with E-state index in [9.17, 15) is 19.5 Å². The lowest BCUT2D eigenvalue weighted by molar-refractivity contribution is -0.141. The van der Waals surface area contributed by atoms with Crippen molar-refractivity contribution in [2.24, 2.45) is 11.8 Å². The lowest BCUT2D eigenvalue weighted by atomic mass is 9.98. The van der Waals surface area contributed by atoms with Crippen LogP contribution in [0.25, 0.3) is 11.1 Å². The van der Waals surface area contributed by atoms with E-state index in [4.69, 9.17) is 4.74 Å². The van der Waals surface area contributed by atoms with Crippen molar-refractivity contribution in [2.45, 2.75) is 56.5 Å². The molecule has 2 amide bonds. The predicted molar refractivity (Wildman–Crippen MR) is 126 cm³/mol. The summed E-state index contributed by atoms with van der Waals surface area (Å²) in [7, 11) is 0. The van der Waals surface area contributed by atoms with Crippen LogP contribution in [0.2, 0.25) is 0 Å². The van der Waals surface area contributed by atoms with Crippen LogP contribution >= 0.6 is 0 Å². The number of carboxylic acid groups (broad SMARTS) is 1. The summed E-state index contributed by atoms with van der Waals surface area (Å²) in [4.78, 5) is 36.9. The van der Waals surface area contributed by atoms with Gasteiger partial charge in [0.05, 0.1) is 5.92 Å². The molecule has 0 heterocycles. The van der Waals surface area contributed by atoms with Crippen molar-refractivity contribution in [1.82, 2.24) is 10.6 Å². The van der Waals surface area contributed by atoms with Gasteiger partial charge in [0, 0.05) is 12.0 Å². The van der Waals surface area contributed by atoms with Gasteiger partial charge in [0.1, 0.15) is 12.6 Å². The van der Waals surface area contributed by atoms with Gasteiger partial charge in [-0.05, 0) is 53.9 Å². The Morgan fingerprint density at radius 2 is 1.59 bits per heavy atom. The number of hydrogen-bond acceptors (Lipinski definition) is 4. The van der Waals surface area contributed by atoms with Crippen LogP contribution < -0.4 is 10.6 Å². The first-order valence-corrected chi connectivity index (χ1v) is 12.1. The van der Waals surface area contributed by atoms with E-state index in [1.54, 1.807) is 0 Å². The number of aliphatic carboxylic acids is 1. The summed E-state index contributed by atoms with van der Waals surface area (Å²) in [5, 5.41) is 14.9. The second-order valence-corrected chi connectivity index (χ2v) is 9.76. The Hall–Kier alpha value is -3.35. The number of carbonyl (C=O) groups is 3. The molecule has 0 spiro atoms. The standard InChI is InChI=1S/C27H30N2O5/c30-25(28-18-12-11-17(14-18)26(31)32)24(13-16-9-10-16)29-27(33)34-15-23-21-7-3-1-5-19(21)20-6-2-4-8-22(20)23/h1-8,16-18,23-24H,9-15H2,(H,28,30)(H,29,33)(H,31,32). The summed E-state index contributed by atoms with van der Waals surface area (Å²) in [6.07, 6.45) is 3.73. The number of ether oxygens (including phenoxy) is 1. The Morgan fingerprint density at radius 3 is 2.18 bits per heavy atom. The first kappa shape index (κ1) is 22.4. The van der Waals surface area contributed by atoms with Gasteiger partial charge < -0.3 is 20.5 Å². The van der Waals surface area contributed by atoms with Gasteiger partial charge in [-0.1, -0.05) is 61.4 Å². The maximum Gasteiger partial charge on any atom is 0.407 e. The zero-order chi connectivity index (χ0) is 23.7. The predicted octanol–water partition coefficient (Wildman–Crippen LogP) is 4.06. The molecule has 34 heavy (non-hydrogen) atoms. The molecule has 3 atom stereocenters. The van der Waals surface area contributed by atoms with Gasteiger partial charge in [0.25, 0.3) is 0 Å². The molecule has 2 fully saturated rings. The molecule has 2 aromatic rings. The van der Waals surface area contributed by atoms with Gasteiger partial charge in [-0.3, -0.25) is 9.59 Å². The van der Waals surface area contributed by atoms with E-state index in [1.165, 1.54) is 0 Å². The third-order valence-electron chi connectivity index (χ3n) is 7.35. The summed E-state index contributed by atoms with van der Waals surface area (Å²) in [6.45, 7) is 0.195. The lowest BCUT2D eigenvalue weighted by Gasteiger charge is -2.22. The molecule has 0 bridgehead atoms. The summed E-state index contributed by atoms with van der Waals surface area (Å²) >= 11 is 0. The average molecular weight is 463 g/mol. The first-order chi connectivity index (χ1) is 16.5. The fourth-order valence-electron chi connectivity index (χ4n) is 5.34. The van der Waals surface area contributed by atoms with Crippen LogP contribution in [0.3, 0.4) is 0 Å². The van der Waals surface area contributed by atoms with Crippen LogP contribution in [0.1, 0.15) is 55.6 Å². The van der Waals surface area contributed by atoms with Gasteiger partial charge in [-0.15, -0.1) is 0 Å². The van der Waals surface area contributed by atoms with E-state index in [1.807, 2.05) is 24.3 Å². The highest BCUT2D eigenvalue weighted by Crippen LogP contribution is 2.44. The van der Waals surface area contributed by atoms with E-state index in [0.717, 1.165) is 35.1 Å². The molecule has 0 radical (unpaired) electrons. The van der Waals surface area contributed by atoms with E-state index < -0.39 is 24.0 Å². The normalized spacial score (nSPS) is 21.9. The van der Waals surface area contributed by atoms with Crippen molar-refractivity contribution in [1.29, 1.82) is 0 Å². The van der Waals surface area contributed by atoms with Crippen LogP contribution in [-0.4, -0.2) is 41.8 Å². The van der Waals surface area contributed by atoms with Gasteiger partial charge >= 0.3 is 12.1 Å². The minimum absolute atomic E-state index is 0.0414. The van der Waals surface area contributed by atoms with Crippen LogP contribution in [-0.2, 0) is 14.3 Å². The maximum absolute atomic E-state index is 12.9. The number of nitrogens with one attached hydrogen (secondary N) is 2. The Balaban J connectivity index is 1.20. The van der Waals surface area contributed by atoms with Crippen molar-refractivity contribution >= 4 is 18.0 Å². The van der Waals surface area contributed by atoms with Gasteiger partial charge in [-0.25, -0.2) is 4.79 Å². The number of hydrogen-bond donors (Lipinski definition) is 3. The first-order valence-electron chi connectivity index (χ1n) is 12.1. The summed E-state index contributed by atoms with van der Waals surface area (Å²) in [5.41, 5.74) is 4.60. The zero-order valence-corrected chi connectivity index (χ0v) is 19.0. The number of alkyl carbamates (subject to hydrolysis) is 1. The van der Waals surface area contributed by atoms with E-state index >= 15 is 0 Å². The number of amides is 2. The largest absolute Gasteiger partial charge is 0.481 e. The smallest absolute Gasteiger partial charge is 0.407 e. The molecule has 3 aliphatic rings. The topological polar surface area (TPSA) is 105 Å². The second-order valence-electron chi connectivity index (χ2n) is 9.76. The molecule has 7 nitrogen and oxygen atoms in total. The van der Waals surface area contributed by atoms with E-state index in [-0.39, 0.29) is 24.5 Å². The monoisotopic (exact) mass is 462 g/mol. The molecule has 178 valence electrons. The van der Waals surface area contributed by atoms with Gasteiger partial charge in [-0.2, -0.15) is 0 Å². The molecule has 2 aromatic carbocycles. The Morgan fingerprint density at radius 1 is 0.941 bits per heavy atom. The van der Waals surface area contributed by atoms with Crippen molar-refractivity contribution in [2.75, 3.05) is 6.61 Å². The van der Waals surface area contributed by atoms with Crippen LogP contribution in [0.15, 0.2) is 48.5 Å². The van der Waals surface area contributed by atoms with Crippen molar-refractivity contribution in [3.8, 4) is 11.1 Å². The highest BCUT2D eigenvalue weighted by Gasteiger charge is 2.35. The number of benzene rings is 2. The molecule has 7 heteroatoms. The SMILES string of the molecule is O=C(NC(CC1CC1)C(=O)NC1CCC(C(=O)O)C1)OCC1c2ccccc2-c2ccccc21. The van der Waals surface area contributed by atoms with Crippen LogP contribution in [0.5, 0.6) is 0 Å². The minimum Gasteiger partial charge on any atom is -0.481 e. The van der Waals surface area contributed by atoms with E-state index in [0.29, 0.717) is 31.6 Å². The molecular formula is C27H30N2O5. The fourth-order valence-corrected chi connectivity index (χ4v) is 5.34. The molecule has 0 aliphatic heterocycles. The fraction of sp³-hybridized carbons (Fsp3) is 0.444. The molecule has 0 aromatic heterocycles. The molecule has 0 saturated heterocycles. The third-order valence-corrected chi connectivity index (χ3v) is 7.35. The average Bonchev–Trinajstić information content (AvgIpc) is 3.42. The van der Waals surface area contributed by atoms with Crippen LogP contribution in [0, 0.1) is 11.8 Å². The highest BCUT2D eigenvalue weighted by atomic mass is 16.5. The summed E-state index contributed by atoms with van der Waals surface area (Å²) < 4.78 is 5.63. The summed E-state index contributed by atoms with van der Waals surface area (Å²) in [6, 6.07) is 15.5. The highest BCUT2D eigenvalue weighted by molar-refractivity contribution is 5.86. The molecule has 3 N–H and O–H groups in total. The molecule has 2 saturated carbocycles. The molecule has 3 unspecified atom stereocenters. The number of rotatable bonds is 8. The van der Waals surface area contributed by atoms with Gasteiger partial charge in [0.2, 0.25) is 5.91 Å². The minimum atomic E-state index is -0.817. The third kappa shape index (κ3) is 4.79. The molecule has 5 rings (SSSR count). The number of carbonyl (C=O) groups excluding carboxylic acids is 2. The number of carboxylic acids is 1. The van der Waals surface area contributed by atoms with Crippen molar-refractivity contribution < 1.29 is 24.2 Å². The maximum atomic E-state index is 12.9. The Bertz CT molecular complexity index is 1050. The zero-order valence-electron chi connectivity index (χ0n) is 19.0. The lowest BCUT2D eigenvalue weighted by Crippen LogP contribution is -2.49. The Labute approximate surface area is 198 Å². The van der Waals surface area contributed by atoms with Crippen molar-refractivity contribution in [3.63, 3.8) is 0 Å². The molecule has 3 aliphatic carbocycles.